The van der Waals surface area contributed by atoms with E-state index in [-0.39, 0.29) is 0 Å². The minimum atomic E-state index is -2.19. The van der Waals surface area contributed by atoms with Crippen LogP contribution in [0.4, 0.5) is 0 Å². The molecular weight excluding hydrogens is 575 g/mol. The average Bonchev–Trinajstić information content (AvgIpc) is 3.15. The van der Waals surface area contributed by atoms with E-state index >= 15 is 0 Å². The molecule has 0 saturated heterocycles. The van der Waals surface area contributed by atoms with Crippen molar-refractivity contribution in [3.63, 3.8) is 0 Å². The second kappa shape index (κ2) is 11.9. The van der Waals surface area contributed by atoms with Crippen LogP contribution in [0.15, 0.2) is 188 Å². The van der Waals surface area contributed by atoms with Gasteiger partial charge in [-0.15, -0.1) is 0 Å². The van der Waals surface area contributed by atoms with E-state index in [2.05, 4.69) is 194 Å². The summed E-state index contributed by atoms with van der Waals surface area (Å²) in [7, 11) is -2.19. The smallest absolute Gasteiger partial charge is 0.178 e. The summed E-state index contributed by atoms with van der Waals surface area (Å²) in [6, 6.07) is 65.7. The molecule has 0 amide bonds. The third-order valence-corrected chi connectivity index (χ3v) is 13.6. The molecule has 0 fully saturated rings. The minimum absolute atomic E-state index is 0.764. The number of ether oxygens (including phenoxy) is 1. The summed E-state index contributed by atoms with van der Waals surface area (Å²) in [5.41, 5.74) is 3.82. The van der Waals surface area contributed by atoms with Crippen LogP contribution in [0.25, 0.3) is 16.8 Å². The molecule has 0 N–H and O–H groups in total. The molecule has 0 aromatic heterocycles. The third-order valence-electron chi connectivity index (χ3n) is 9.27. The molecule has 8 rings (SSSR count). The molecule has 220 valence electrons. The molecule has 0 spiro atoms. The Morgan fingerprint density at radius 1 is 0.478 bits per heavy atom. The van der Waals surface area contributed by atoms with E-state index in [9.17, 15) is 0 Å². The fourth-order valence-electron chi connectivity index (χ4n) is 7.09. The van der Waals surface area contributed by atoms with Gasteiger partial charge in [-0.3, -0.25) is 0 Å². The number of fused-ring (bicyclic) bond motifs is 3. The maximum atomic E-state index is 7.52. The van der Waals surface area contributed by atoms with Crippen LogP contribution in [0, 0.1) is 0 Å². The predicted molar refractivity (Wildman–Crippen MR) is 196 cm³/mol. The van der Waals surface area contributed by atoms with Crippen molar-refractivity contribution in [2.75, 3.05) is 0 Å². The standard InChI is InChI=1S/C44H34OP/c1-6-19-36(20-7-1)44(37-21-8-2-9-22-37)31-30-42-41-29-17-16-18-34(41)32-35(43(42)45-44)33-46(38-23-10-3-11-24-38,39-25-12-4-13-26-39)40-27-14-5-15-28-40/h1-32H,33H2/q+1. The van der Waals surface area contributed by atoms with Crippen molar-refractivity contribution in [1.29, 1.82) is 0 Å². The summed E-state index contributed by atoms with van der Waals surface area (Å²) in [5, 5.41) is 6.51. The van der Waals surface area contributed by atoms with Crippen LogP contribution >= 0.6 is 7.26 Å². The first-order valence-electron chi connectivity index (χ1n) is 15.9. The monoisotopic (exact) mass is 609 g/mol. The Kier molecular flexibility index (Phi) is 7.33. The van der Waals surface area contributed by atoms with Crippen LogP contribution in [0.3, 0.4) is 0 Å². The van der Waals surface area contributed by atoms with Gasteiger partial charge in [0, 0.05) is 22.3 Å². The van der Waals surface area contributed by atoms with E-state index in [1.54, 1.807) is 0 Å². The molecule has 7 aromatic carbocycles. The van der Waals surface area contributed by atoms with Crippen LogP contribution in [0.2, 0.25) is 0 Å². The molecule has 0 atom stereocenters. The van der Waals surface area contributed by atoms with Crippen molar-refractivity contribution in [3.8, 4) is 5.75 Å². The van der Waals surface area contributed by atoms with E-state index in [0.717, 1.165) is 28.6 Å². The summed E-state index contributed by atoms with van der Waals surface area (Å²) >= 11 is 0. The molecule has 0 saturated carbocycles. The van der Waals surface area contributed by atoms with Gasteiger partial charge in [0.1, 0.15) is 35.1 Å². The fraction of sp³-hybridized carbons (Fsp3) is 0.0455. The fourth-order valence-corrected chi connectivity index (χ4v) is 11.3. The Morgan fingerprint density at radius 2 is 0.913 bits per heavy atom. The Labute approximate surface area is 271 Å². The highest BCUT2D eigenvalue weighted by molar-refractivity contribution is 7.95. The van der Waals surface area contributed by atoms with Gasteiger partial charge in [-0.2, -0.15) is 0 Å². The first-order valence-corrected chi connectivity index (χ1v) is 17.8. The lowest BCUT2D eigenvalue weighted by Crippen LogP contribution is -2.35. The lowest BCUT2D eigenvalue weighted by Gasteiger charge is -2.38. The molecule has 2 heteroatoms. The second-order valence-electron chi connectivity index (χ2n) is 11.9. The van der Waals surface area contributed by atoms with Gasteiger partial charge in [0.05, 0.1) is 0 Å². The number of hydrogen-bond acceptors (Lipinski definition) is 1. The highest BCUT2D eigenvalue weighted by Gasteiger charge is 2.47. The maximum Gasteiger partial charge on any atom is 0.178 e. The van der Waals surface area contributed by atoms with Crippen LogP contribution < -0.4 is 20.7 Å². The van der Waals surface area contributed by atoms with Crippen molar-refractivity contribution < 1.29 is 4.74 Å². The van der Waals surface area contributed by atoms with Gasteiger partial charge in [-0.25, -0.2) is 0 Å². The Balaban J connectivity index is 1.42. The van der Waals surface area contributed by atoms with Crippen molar-refractivity contribution in [1.82, 2.24) is 0 Å². The molecule has 1 aliphatic rings. The SMILES string of the molecule is C1=CC(c2ccccc2)(c2ccccc2)Oc2c(C[P+](c3ccccc3)(c3ccccc3)c3ccccc3)cc3ccccc3c21. The highest BCUT2D eigenvalue weighted by atomic mass is 31.2. The first-order chi connectivity index (χ1) is 22.8. The Bertz CT molecular complexity index is 1990. The predicted octanol–water partition coefficient (Wildman–Crippen LogP) is 9.68. The summed E-state index contributed by atoms with van der Waals surface area (Å²) in [6.45, 7) is 0. The first kappa shape index (κ1) is 28.3. The van der Waals surface area contributed by atoms with Crippen LogP contribution in [0.5, 0.6) is 5.75 Å². The average molecular weight is 610 g/mol. The second-order valence-corrected chi connectivity index (χ2v) is 15.4. The largest absolute Gasteiger partial charge is 0.473 e. The number of rotatable bonds is 7. The molecule has 7 aromatic rings. The van der Waals surface area contributed by atoms with Crippen LogP contribution in [-0.2, 0) is 11.8 Å². The van der Waals surface area contributed by atoms with Gasteiger partial charge < -0.3 is 4.74 Å². The van der Waals surface area contributed by atoms with Gasteiger partial charge in [0.15, 0.2) is 5.60 Å². The summed E-state index contributed by atoms with van der Waals surface area (Å²) in [6.07, 6.45) is 5.38. The zero-order chi connectivity index (χ0) is 30.8. The topological polar surface area (TPSA) is 9.23 Å². The molecule has 0 unspecified atom stereocenters. The number of hydrogen-bond donors (Lipinski definition) is 0. The van der Waals surface area contributed by atoms with Gasteiger partial charge in [0.25, 0.3) is 0 Å². The zero-order valence-electron chi connectivity index (χ0n) is 25.5. The summed E-state index contributed by atoms with van der Waals surface area (Å²) < 4.78 is 7.52. The van der Waals surface area contributed by atoms with Crippen molar-refractivity contribution in [2.24, 2.45) is 0 Å². The Morgan fingerprint density at radius 3 is 1.41 bits per heavy atom. The number of benzene rings is 7. The van der Waals surface area contributed by atoms with Crippen molar-refractivity contribution in [3.05, 3.63) is 210 Å². The van der Waals surface area contributed by atoms with Gasteiger partial charge >= 0.3 is 0 Å². The normalized spacial score (nSPS) is 13.6. The van der Waals surface area contributed by atoms with E-state index < -0.39 is 12.9 Å². The summed E-state index contributed by atoms with van der Waals surface area (Å²) in [4.78, 5) is 0. The molecule has 1 nitrogen and oxygen atoms in total. The van der Waals surface area contributed by atoms with E-state index in [1.165, 1.54) is 32.2 Å². The van der Waals surface area contributed by atoms with E-state index in [1.807, 2.05) is 0 Å². The van der Waals surface area contributed by atoms with E-state index in [0.29, 0.717) is 0 Å². The molecular formula is C44H34OP+. The van der Waals surface area contributed by atoms with Gasteiger partial charge in [-0.05, 0) is 65.4 Å². The van der Waals surface area contributed by atoms with Crippen LogP contribution in [-0.4, -0.2) is 0 Å². The lowest BCUT2D eigenvalue weighted by atomic mass is 9.83. The molecule has 1 heterocycles. The zero-order valence-corrected chi connectivity index (χ0v) is 26.4. The van der Waals surface area contributed by atoms with Crippen LogP contribution in [0.1, 0.15) is 22.3 Å². The molecule has 0 bridgehead atoms. The maximum absolute atomic E-state index is 7.52. The van der Waals surface area contributed by atoms with Gasteiger partial charge in [0.2, 0.25) is 0 Å². The lowest BCUT2D eigenvalue weighted by molar-refractivity contribution is 0.160. The van der Waals surface area contributed by atoms with Gasteiger partial charge in [-0.1, -0.05) is 140 Å². The molecule has 0 radical (unpaired) electrons. The van der Waals surface area contributed by atoms with E-state index in [4.69, 9.17) is 4.74 Å². The third kappa shape index (κ3) is 4.76. The minimum Gasteiger partial charge on any atom is -0.473 e. The Hall–Kier alpha value is -5.23. The molecule has 46 heavy (non-hydrogen) atoms. The highest BCUT2D eigenvalue weighted by Crippen LogP contribution is 2.60. The van der Waals surface area contributed by atoms with Crippen molar-refractivity contribution >= 4 is 40.0 Å². The molecule has 0 aliphatic carbocycles. The molecule has 1 aliphatic heterocycles. The quantitative estimate of drug-likeness (QED) is 0.164. The summed E-state index contributed by atoms with van der Waals surface area (Å²) in [5.74, 6) is 0.959. The van der Waals surface area contributed by atoms with Crippen molar-refractivity contribution in [2.45, 2.75) is 11.8 Å².